The van der Waals surface area contributed by atoms with Gasteiger partial charge in [-0.3, -0.25) is 4.79 Å². The van der Waals surface area contributed by atoms with Crippen molar-refractivity contribution in [2.24, 2.45) is 0 Å². The molecule has 7 heteroatoms. The molecule has 0 N–H and O–H groups in total. The van der Waals surface area contributed by atoms with Gasteiger partial charge >= 0.3 is 59.1 Å². The molecule has 64 valence electrons. The second kappa shape index (κ2) is 10.8. The first kappa shape index (κ1) is 19.3. The number of carbonyl (C=O) groups excluding carboxylic acids is 2. The quantitative estimate of drug-likeness (QED) is 0.368. The molecule has 0 aromatic heterocycles. The molecule has 5 nitrogen and oxygen atoms in total. The molecule has 0 bridgehead atoms. The van der Waals surface area contributed by atoms with Gasteiger partial charge in [-0.15, -0.1) is 0 Å². The van der Waals surface area contributed by atoms with Gasteiger partial charge in [0.2, 0.25) is 5.91 Å². The van der Waals surface area contributed by atoms with Crippen LogP contribution in [-0.4, -0.2) is 30.6 Å². The van der Waals surface area contributed by atoms with E-state index in [2.05, 4.69) is 0 Å². The van der Waals surface area contributed by atoms with Gasteiger partial charge in [-0.25, -0.2) is 0 Å². The minimum Gasteiger partial charge on any atom is -0.652 e. The van der Waals surface area contributed by atoms with E-state index in [9.17, 15) is 4.79 Å². The summed E-state index contributed by atoms with van der Waals surface area (Å²) >= 11 is 0. The number of carbonyl (C=O) groups is 2. The zero-order chi connectivity index (χ0) is 8.85. The van der Waals surface area contributed by atoms with Crippen LogP contribution in [-0.2, 0) is 4.79 Å². The number of likely N-dealkylation sites (tertiary alicyclic amines) is 1. The van der Waals surface area contributed by atoms with Crippen molar-refractivity contribution < 1.29 is 78.9 Å². The maximum Gasteiger partial charge on any atom is 1.00 e. The molecule has 1 heterocycles. The van der Waals surface area contributed by atoms with Crippen molar-refractivity contribution in [3.05, 3.63) is 0 Å². The molecule has 13 heavy (non-hydrogen) atoms. The third kappa shape index (κ3) is 12.7. The van der Waals surface area contributed by atoms with Crippen LogP contribution in [0.2, 0.25) is 0 Å². The third-order valence-corrected chi connectivity index (χ3v) is 1.31. The minimum absolute atomic E-state index is 0. The van der Waals surface area contributed by atoms with Crippen LogP contribution in [0.15, 0.2) is 0 Å². The molecule has 1 rings (SSSR count). The van der Waals surface area contributed by atoms with E-state index in [0.29, 0.717) is 5.91 Å². The molecule has 1 saturated heterocycles. The van der Waals surface area contributed by atoms with Crippen LogP contribution in [0, 0.1) is 0 Å². The molecule has 0 aliphatic carbocycles. The standard InChI is InChI=1S/C5H9NO.CH2O3.2Na/c1-6-4-2-3-5(6)7;2-1(3)4;;/h2-4H2,1H3;(H2,2,3,4);;/q;;2*+1/p-2. The largest absolute Gasteiger partial charge is 1.00 e. The molecule has 1 fully saturated rings. The number of amides is 1. The summed E-state index contributed by atoms with van der Waals surface area (Å²) in [6, 6.07) is 0. The van der Waals surface area contributed by atoms with Gasteiger partial charge in [0.25, 0.3) is 0 Å². The minimum atomic E-state index is -2.33. The van der Waals surface area contributed by atoms with E-state index in [1.54, 1.807) is 4.90 Å². The van der Waals surface area contributed by atoms with Crippen LogP contribution >= 0.6 is 0 Å². The van der Waals surface area contributed by atoms with Crippen molar-refractivity contribution in [3.8, 4) is 0 Å². The van der Waals surface area contributed by atoms with Crippen molar-refractivity contribution in [1.82, 2.24) is 4.90 Å². The van der Waals surface area contributed by atoms with E-state index in [1.165, 1.54) is 0 Å². The van der Waals surface area contributed by atoms with E-state index in [0.717, 1.165) is 19.4 Å². The summed E-state index contributed by atoms with van der Waals surface area (Å²) in [5, 5.41) is 16.7. The predicted octanol–water partition coefficient (Wildman–Crippen LogP) is -8.20. The number of carboxylic acid groups (broad SMARTS) is 2. The fourth-order valence-electron chi connectivity index (χ4n) is 0.783. The van der Waals surface area contributed by atoms with Crippen molar-refractivity contribution in [1.29, 1.82) is 0 Å². The Bertz CT molecular complexity index is 161. The summed E-state index contributed by atoms with van der Waals surface area (Å²) in [4.78, 5) is 20.6. The average molecular weight is 205 g/mol. The first-order valence-corrected chi connectivity index (χ1v) is 3.16. The zero-order valence-corrected chi connectivity index (χ0v) is 12.2. The van der Waals surface area contributed by atoms with Crippen LogP contribution in [0.3, 0.4) is 0 Å². The van der Waals surface area contributed by atoms with E-state index in [1.807, 2.05) is 7.05 Å². The molecule has 1 aliphatic rings. The molecule has 0 unspecified atom stereocenters. The summed E-state index contributed by atoms with van der Waals surface area (Å²) < 4.78 is 0. The number of rotatable bonds is 0. The SMILES string of the molecule is CN1CCCC1=O.O=C([O-])[O-].[Na+].[Na+]. The molecule has 1 aliphatic heterocycles. The molecule has 0 atom stereocenters. The average Bonchev–Trinajstić information content (AvgIpc) is 2.15. The number of hydrogen-bond acceptors (Lipinski definition) is 4. The molecule has 0 aromatic carbocycles. The summed E-state index contributed by atoms with van der Waals surface area (Å²) in [5.41, 5.74) is 0. The second-order valence-electron chi connectivity index (χ2n) is 2.17. The molecule has 0 aromatic rings. The fraction of sp³-hybridized carbons (Fsp3) is 0.667. The molecule has 0 spiro atoms. The Morgan fingerprint density at radius 3 is 1.85 bits per heavy atom. The third-order valence-electron chi connectivity index (χ3n) is 1.31. The van der Waals surface area contributed by atoms with Gasteiger partial charge in [0.1, 0.15) is 0 Å². The Morgan fingerprint density at radius 1 is 1.38 bits per heavy atom. The Balaban J connectivity index is -0.000000150. The summed E-state index contributed by atoms with van der Waals surface area (Å²) in [7, 11) is 1.84. The van der Waals surface area contributed by atoms with Gasteiger partial charge in [0, 0.05) is 20.0 Å². The van der Waals surface area contributed by atoms with Gasteiger partial charge < -0.3 is 19.9 Å². The van der Waals surface area contributed by atoms with E-state index in [-0.39, 0.29) is 59.1 Å². The molecule has 0 saturated carbocycles. The van der Waals surface area contributed by atoms with Gasteiger partial charge in [-0.05, 0) is 12.6 Å². The van der Waals surface area contributed by atoms with Crippen molar-refractivity contribution >= 4 is 12.1 Å². The summed E-state index contributed by atoms with van der Waals surface area (Å²) in [6.45, 7) is 0.957. The Labute approximate surface area is 121 Å². The van der Waals surface area contributed by atoms with Crippen molar-refractivity contribution in [2.45, 2.75) is 12.8 Å². The zero-order valence-electron chi connectivity index (χ0n) is 8.20. The Morgan fingerprint density at radius 2 is 1.77 bits per heavy atom. The van der Waals surface area contributed by atoms with E-state index < -0.39 is 6.16 Å². The summed E-state index contributed by atoms with van der Waals surface area (Å²) in [5.74, 6) is 0.292. The van der Waals surface area contributed by atoms with Crippen LogP contribution in [0.5, 0.6) is 0 Å². The normalized spacial score (nSPS) is 13.3. The van der Waals surface area contributed by atoms with Gasteiger partial charge in [0.05, 0.1) is 0 Å². The van der Waals surface area contributed by atoms with Crippen LogP contribution < -0.4 is 69.3 Å². The fourth-order valence-corrected chi connectivity index (χ4v) is 0.783. The molecular formula is C6H9NNa2O4. The molecule has 1 amide bonds. The van der Waals surface area contributed by atoms with Crippen LogP contribution in [0.1, 0.15) is 12.8 Å². The first-order chi connectivity index (χ1) is 5.04. The van der Waals surface area contributed by atoms with Crippen molar-refractivity contribution in [2.75, 3.05) is 13.6 Å². The second-order valence-corrected chi connectivity index (χ2v) is 2.17. The first-order valence-electron chi connectivity index (χ1n) is 3.16. The number of nitrogens with zero attached hydrogens (tertiary/aromatic N) is 1. The molecule has 0 radical (unpaired) electrons. The van der Waals surface area contributed by atoms with Gasteiger partial charge in [-0.1, -0.05) is 0 Å². The maximum absolute atomic E-state index is 10.5. The molecular weight excluding hydrogens is 196 g/mol. The van der Waals surface area contributed by atoms with E-state index >= 15 is 0 Å². The van der Waals surface area contributed by atoms with Crippen LogP contribution in [0.25, 0.3) is 0 Å². The topological polar surface area (TPSA) is 83.5 Å². The van der Waals surface area contributed by atoms with E-state index in [4.69, 9.17) is 15.0 Å². The summed E-state index contributed by atoms with van der Waals surface area (Å²) in [6.07, 6.45) is -0.522. The van der Waals surface area contributed by atoms with Gasteiger partial charge in [0.15, 0.2) is 0 Å². The number of hydrogen-bond donors (Lipinski definition) is 0. The Kier molecular flexibility index (Phi) is 16.1. The maximum atomic E-state index is 10.5. The van der Waals surface area contributed by atoms with Crippen LogP contribution in [0.4, 0.5) is 4.79 Å². The van der Waals surface area contributed by atoms with Gasteiger partial charge in [-0.2, -0.15) is 0 Å². The monoisotopic (exact) mass is 205 g/mol. The van der Waals surface area contributed by atoms with Crippen molar-refractivity contribution in [3.63, 3.8) is 0 Å². The smallest absolute Gasteiger partial charge is 0.652 e. The Hall–Kier alpha value is 0.740. The predicted molar refractivity (Wildman–Crippen MR) is 32.3 cm³/mol.